The predicted octanol–water partition coefficient (Wildman–Crippen LogP) is 2.87. The van der Waals surface area contributed by atoms with Crippen LogP contribution in [0.1, 0.15) is 22.2 Å². The Bertz CT molecular complexity index is 508. The highest BCUT2D eigenvalue weighted by Crippen LogP contribution is 2.17. The molecule has 0 aliphatic heterocycles. The minimum absolute atomic E-state index is 0.214. The van der Waals surface area contributed by atoms with E-state index in [9.17, 15) is 4.79 Å². The van der Waals surface area contributed by atoms with E-state index in [4.69, 9.17) is 5.11 Å². The van der Waals surface area contributed by atoms with Gasteiger partial charge in [-0.15, -0.1) is 11.3 Å². The molecule has 94 valence electrons. The van der Waals surface area contributed by atoms with Gasteiger partial charge in [-0.25, -0.2) is 9.78 Å². The van der Waals surface area contributed by atoms with E-state index in [0.29, 0.717) is 0 Å². The predicted molar refractivity (Wildman–Crippen MR) is 72.2 cm³/mol. The molecule has 0 saturated heterocycles. The Morgan fingerprint density at radius 3 is 2.78 bits per heavy atom. The highest BCUT2D eigenvalue weighted by Gasteiger charge is 2.09. The first kappa shape index (κ1) is 12.6. The maximum atomic E-state index is 10.8. The summed E-state index contributed by atoms with van der Waals surface area (Å²) in [7, 11) is 0. The third kappa shape index (κ3) is 2.87. The van der Waals surface area contributed by atoms with Gasteiger partial charge < -0.3 is 10.0 Å². The summed E-state index contributed by atoms with van der Waals surface area (Å²) in [6.07, 6.45) is 1.40. The smallest absolute Gasteiger partial charge is 0.337 e. The average molecular weight is 262 g/mol. The lowest BCUT2D eigenvalue weighted by Gasteiger charge is -2.21. The summed E-state index contributed by atoms with van der Waals surface area (Å²) in [4.78, 5) is 18.3. The van der Waals surface area contributed by atoms with Crippen molar-refractivity contribution in [2.45, 2.75) is 13.5 Å². The van der Waals surface area contributed by atoms with Crippen LogP contribution in [0.4, 0.5) is 5.82 Å². The quantitative estimate of drug-likeness (QED) is 0.900. The zero-order valence-electron chi connectivity index (χ0n) is 10.0. The molecule has 1 N–H and O–H groups in total. The van der Waals surface area contributed by atoms with Gasteiger partial charge in [0.05, 0.1) is 12.1 Å². The second-order valence-electron chi connectivity index (χ2n) is 3.80. The van der Waals surface area contributed by atoms with E-state index >= 15 is 0 Å². The molecule has 0 amide bonds. The molecule has 2 heterocycles. The van der Waals surface area contributed by atoms with Gasteiger partial charge in [0.15, 0.2) is 0 Å². The van der Waals surface area contributed by atoms with Crippen LogP contribution >= 0.6 is 11.3 Å². The normalized spacial score (nSPS) is 10.3. The molecule has 5 heteroatoms. The zero-order valence-corrected chi connectivity index (χ0v) is 10.9. The Hall–Kier alpha value is -1.88. The first-order chi connectivity index (χ1) is 8.70. The second kappa shape index (κ2) is 5.64. The largest absolute Gasteiger partial charge is 0.478 e. The highest BCUT2D eigenvalue weighted by molar-refractivity contribution is 7.09. The molecule has 0 radical (unpaired) electrons. The summed E-state index contributed by atoms with van der Waals surface area (Å²) in [6.45, 7) is 3.69. The second-order valence-corrected chi connectivity index (χ2v) is 4.84. The molecule has 0 fully saturated rings. The molecule has 4 nitrogen and oxygen atoms in total. The van der Waals surface area contributed by atoms with Crippen molar-refractivity contribution in [2.24, 2.45) is 0 Å². The molecule has 0 spiro atoms. The van der Waals surface area contributed by atoms with E-state index in [0.717, 1.165) is 18.9 Å². The van der Waals surface area contributed by atoms with Crippen molar-refractivity contribution in [1.82, 2.24) is 4.98 Å². The lowest BCUT2D eigenvalue weighted by Crippen LogP contribution is -2.22. The van der Waals surface area contributed by atoms with Crippen LogP contribution in [-0.2, 0) is 6.54 Å². The average Bonchev–Trinajstić information content (AvgIpc) is 2.89. The Morgan fingerprint density at radius 1 is 1.44 bits per heavy atom. The number of carbonyl (C=O) groups is 1. The summed E-state index contributed by atoms with van der Waals surface area (Å²) in [6, 6.07) is 7.44. The molecule has 2 aromatic heterocycles. The van der Waals surface area contributed by atoms with Crippen LogP contribution in [-0.4, -0.2) is 22.6 Å². The molecule has 18 heavy (non-hydrogen) atoms. The first-order valence-corrected chi connectivity index (χ1v) is 6.55. The molecular weight excluding hydrogens is 248 g/mol. The van der Waals surface area contributed by atoms with E-state index in [-0.39, 0.29) is 5.56 Å². The van der Waals surface area contributed by atoms with Crippen molar-refractivity contribution in [3.8, 4) is 0 Å². The number of thiophene rings is 1. The van der Waals surface area contributed by atoms with Crippen molar-refractivity contribution >= 4 is 23.1 Å². The summed E-state index contributed by atoms with van der Waals surface area (Å²) in [5, 5.41) is 10.9. The number of carboxylic acids is 1. The van der Waals surface area contributed by atoms with Crippen LogP contribution in [0, 0.1) is 0 Å². The summed E-state index contributed by atoms with van der Waals surface area (Å²) in [5.41, 5.74) is 0.214. The fourth-order valence-corrected chi connectivity index (χ4v) is 2.36. The van der Waals surface area contributed by atoms with Crippen LogP contribution < -0.4 is 4.90 Å². The lowest BCUT2D eigenvalue weighted by atomic mass is 10.3. The number of aromatic carboxylic acids is 1. The van der Waals surface area contributed by atoms with E-state index < -0.39 is 5.97 Å². The summed E-state index contributed by atoms with van der Waals surface area (Å²) in [5.74, 6) is -0.147. The monoisotopic (exact) mass is 262 g/mol. The topological polar surface area (TPSA) is 53.4 Å². The van der Waals surface area contributed by atoms with Crippen LogP contribution in [0.2, 0.25) is 0 Å². The molecule has 2 rings (SSSR count). The van der Waals surface area contributed by atoms with Crippen molar-refractivity contribution in [1.29, 1.82) is 0 Å². The summed E-state index contributed by atoms with van der Waals surface area (Å²) >= 11 is 1.71. The van der Waals surface area contributed by atoms with E-state index in [1.807, 2.05) is 11.4 Å². The SMILES string of the molecule is CCN(Cc1cccs1)c1ccc(C(=O)O)cn1. The van der Waals surface area contributed by atoms with Gasteiger partial charge >= 0.3 is 5.97 Å². The van der Waals surface area contributed by atoms with Gasteiger partial charge in [0, 0.05) is 17.6 Å². The van der Waals surface area contributed by atoms with Gasteiger partial charge in [-0.05, 0) is 30.5 Å². The van der Waals surface area contributed by atoms with Gasteiger partial charge in [0.1, 0.15) is 5.82 Å². The number of aromatic nitrogens is 1. The number of anilines is 1. The van der Waals surface area contributed by atoms with E-state index in [1.54, 1.807) is 23.5 Å². The third-order valence-electron chi connectivity index (χ3n) is 2.63. The lowest BCUT2D eigenvalue weighted by molar-refractivity contribution is 0.0696. The Balaban J connectivity index is 2.14. The van der Waals surface area contributed by atoms with Gasteiger partial charge in [0.2, 0.25) is 0 Å². The number of nitrogens with zero attached hydrogens (tertiary/aromatic N) is 2. The molecule has 0 saturated carbocycles. The van der Waals surface area contributed by atoms with Crippen molar-refractivity contribution in [3.63, 3.8) is 0 Å². The van der Waals surface area contributed by atoms with Gasteiger partial charge in [0.25, 0.3) is 0 Å². The molecule has 0 bridgehead atoms. The molecule has 0 aliphatic rings. The Labute approximate surface area is 110 Å². The van der Waals surface area contributed by atoms with Crippen molar-refractivity contribution in [3.05, 3.63) is 46.3 Å². The molecule has 0 aliphatic carbocycles. The first-order valence-electron chi connectivity index (χ1n) is 5.67. The van der Waals surface area contributed by atoms with Crippen LogP contribution in [0.15, 0.2) is 35.8 Å². The molecule has 0 unspecified atom stereocenters. The number of carboxylic acid groups (broad SMARTS) is 1. The minimum Gasteiger partial charge on any atom is -0.478 e. The maximum Gasteiger partial charge on any atom is 0.337 e. The van der Waals surface area contributed by atoms with Crippen LogP contribution in [0.3, 0.4) is 0 Å². The number of hydrogen-bond acceptors (Lipinski definition) is 4. The third-order valence-corrected chi connectivity index (χ3v) is 3.49. The van der Waals surface area contributed by atoms with Gasteiger partial charge in [-0.1, -0.05) is 6.07 Å². The van der Waals surface area contributed by atoms with Crippen molar-refractivity contribution < 1.29 is 9.90 Å². The van der Waals surface area contributed by atoms with Crippen LogP contribution in [0.25, 0.3) is 0 Å². The number of pyridine rings is 1. The van der Waals surface area contributed by atoms with Gasteiger partial charge in [-0.3, -0.25) is 0 Å². The molecule has 0 aromatic carbocycles. The number of hydrogen-bond donors (Lipinski definition) is 1. The molecule has 0 atom stereocenters. The molecular formula is C13H14N2O2S. The minimum atomic E-state index is -0.949. The fraction of sp³-hybridized carbons (Fsp3) is 0.231. The maximum absolute atomic E-state index is 10.8. The number of rotatable bonds is 5. The van der Waals surface area contributed by atoms with Crippen LogP contribution in [0.5, 0.6) is 0 Å². The Morgan fingerprint density at radius 2 is 2.28 bits per heavy atom. The highest BCUT2D eigenvalue weighted by atomic mass is 32.1. The van der Waals surface area contributed by atoms with Gasteiger partial charge in [-0.2, -0.15) is 0 Å². The molecule has 2 aromatic rings. The summed E-state index contributed by atoms with van der Waals surface area (Å²) < 4.78 is 0. The standard InChI is InChI=1S/C13H14N2O2S/c1-2-15(9-11-4-3-7-18-11)12-6-5-10(8-14-12)13(16)17/h3-8H,2,9H2,1H3,(H,16,17). The van der Waals surface area contributed by atoms with E-state index in [1.165, 1.54) is 11.1 Å². The van der Waals surface area contributed by atoms with E-state index in [2.05, 4.69) is 22.9 Å². The Kier molecular flexibility index (Phi) is 3.94. The fourth-order valence-electron chi connectivity index (χ4n) is 1.65. The zero-order chi connectivity index (χ0) is 13.0. The van der Waals surface area contributed by atoms with Crippen molar-refractivity contribution in [2.75, 3.05) is 11.4 Å².